The lowest BCUT2D eigenvalue weighted by Gasteiger charge is -2.28. The van der Waals surface area contributed by atoms with Crippen LogP contribution < -0.4 is 10.1 Å². The van der Waals surface area contributed by atoms with E-state index in [2.05, 4.69) is 15.3 Å². The molecular weight excluding hydrogens is 416 g/mol. The number of benzene rings is 1. The smallest absolute Gasteiger partial charge is 0.253 e. The number of pyridine rings is 1. The van der Waals surface area contributed by atoms with Crippen molar-refractivity contribution in [2.45, 2.75) is 44.4 Å². The highest BCUT2D eigenvalue weighted by molar-refractivity contribution is 6.30. The summed E-state index contributed by atoms with van der Waals surface area (Å²) in [6.07, 6.45) is 8.00. The highest BCUT2D eigenvalue weighted by Crippen LogP contribution is 2.31. The summed E-state index contributed by atoms with van der Waals surface area (Å²) in [4.78, 5) is 21.6. The first-order chi connectivity index (χ1) is 15.0. The summed E-state index contributed by atoms with van der Waals surface area (Å²) in [6, 6.07) is 8.81. The minimum absolute atomic E-state index is 0.237. The minimum atomic E-state index is -0.512. The number of aromatic nitrogens is 3. The first-order valence-corrected chi connectivity index (χ1v) is 10.7. The number of carbonyl (C=O) groups is 1. The van der Waals surface area contributed by atoms with Gasteiger partial charge in [-0.2, -0.15) is 0 Å². The third kappa shape index (κ3) is 5.06. The Kier molecular flexibility index (Phi) is 6.53. The molecule has 4 rings (SSSR count). The van der Waals surface area contributed by atoms with Gasteiger partial charge in [-0.3, -0.25) is 4.79 Å². The van der Waals surface area contributed by atoms with Crippen LogP contribution in [0.4, 0.5) is 0 Å². The summed E-state index contributed by atoms with van der Waals surface area (Å²) in [7, 11) is 1.90. The molecule has 1 saturated carbocycles. The molecule has 0 unspecified atom stereocenters. The molecule has 8 heteroatoms. The molecule has 162 valence electrons. The average Bonchev–Trinajstić information content (AvgIpc) is 3.19. The van der Waals surface area contributed by atoms with Gasteiger partial charge in [-0.05, 0) is 36.6 Å². The summed E-state index contributed by atoms with van der Waals surface area (Å²) in [5.74, 6) is 0.904. The van der Waals surface area contributed by atoms with Crippen molar-refractivity contribution in [2.75, 3.05) is 0 Å². The quantitative estimate of drug-likeness (QED) is 0.609. The number of ether oxygens (including phenoxy) is 1. The van der Waals surface area contributed by atoms with Crippen LogP contribution in [0, 0.1) is 0 Å². The number of nitrogens with one attached hydrogen (secondary N) is 1. The fourth-order valence-electron chi connectivity index (χ4n) is 3.73. The standard InChI is InChI=1S/C23H25ClN4O3/c1-28-11-10-25-21(28)14-31-23-18(15-6-8-17(24)9-7-15)12-16(13-26-23)22(30)27-19-4-2-3-5-20(19)29/h6-13,19-20,29H,2-5,14H2,1H3,(H,27,30)/t19-,20-/m1/s1. The number of halogens is 1. The van der Waals surface area contributed by atoms with E-state index in [1.165, 1.54) is 6.20 Å². The van der Waals surface area contributed by atoms with E-state index in [0.29, 0.717) is 28.5 Å². The molecule has 0 spiro atoms. The summed E-state index contributed by atoms with van der Waals surface area (Å²) in [5.41, 5.74) is 1.92. The third-order valence-corrected chi connectivity index (χ3v) is 5.83. The summed E-state index contributed by atoms with van der Waals surface area (Å²) < 4.78 is 7.82. The van der Waals surface area contributed by atoms with Crippen LogP contribution in [0.25, 0.3) is 11.1 Å². The Balaban J connectivity index is 1.60. The van der Waals surface area contributed by atoms with Crippen molar-refractivity contribution >= 4 is 17.5 Å². The first-order valence-electron chi connectivity index (χ1n) is 10.3. The molecule has 2 heterocycles. The molecule has 2 atom stereocenters. The van der Waals surface area contributed by atoms with Gasteiger partial charge in [0.05, 0.1) is 17.7 Å². The third-order valence-electron chi connectivity index (χ3n) is 5.57. The average molecular weight is 441 g/mol. The Labute approximate surface area is 186 Å². The molecule has 1 aliphatic rings. The van der Waals surface area contributed by atoms with Crippen LogP contribution in [0.5, 0.6) is 5.88 Å². The van der Waals surface area contributed by atoms with Crippen molar-refractivity contribution in [3.05, 3.63) is 65.3 Å². The fourth-order valence-corrected chi connectivity index (χ4v) is 3.85. The van der Waals surface area contributed by atoms with E-state index >= 15 is 0 Å². The zero-order chi connectivity index (χ0) is 21.8. The number of rotatable bonds is 6. The topological polar surface area (TPSA) is 89.3 Å². The van der Waals surface area contributed by atoms with E-state index in [1.54, 1.807) is 24.4 Å². The number of aliphatic hydroxyl groups is 1. The van der Waals surface area contributed by atoms with Crippen LogP contribution in [-0.2, 0) is 13.7 Å². The van der Waals surface area contributed by atoms with E-state index in [-0.39, 0.29) is 18.6 Å². The summed E-state index contributed by atoms with van der Waals surface area (Å²) in [5, 5.41) is 13.7. The SMILES string of the molecule is Cn1ccnc1COc1ncc(C(=O)N[C@@H]2CCCC[C@H]2O)cc1-c1ccc(Cl)cc1. The van der Waals surface area contributed by atoms with E-state index in [4.69, 9.17) is 16.3 Å². The predicted molar refractivity (Wildman–Crippen MR) is 118 cm³/mol. The number of aryl methyl sites for hydroxylation is 1. The van der Waals surface area contributed by atoms with E-state index < -0.39 is 6.10 Å². The Bertz CT molecular complexity index is 1050. The van der Waals surface area contributed by atoms with Gasteiger partial charge in [0.15, 0.2) is 0 Å². The van der Waals surface area contributed by atoms with Crippen LogP contribution in [0.15, 0.2) is 48.9 Å². The molecule has 1 amide bonds. The normalized spacial score (nSPS) is 18.5. The maximum absolute atomic E-state index is 12.9. The lowest BCUT2D eigenvalue weighted by atomic mass is 9.92. The molecule has 31 heavy (non-hydrogen) atoms. The number of nitrogens with zero attached hydrogens (tertiary/aromatic N) is 3. The van der Waals surface area contributed by atoms with Crippen molar-refractivity contribution in [1.82, 2.24) is 19.9 Å². The molecule has 0 bridgehead atoms. The molecule has 0 saturated heterocycles. The number of hydrogen-bond acceptors (Lipinski definition) is 5. The molecule has 0 aliphatic heterocycles. The van der Waals surface area contributed by atoms with Gasteiger partial charge in [0.25, 0.3) is 5.91 Å². The highest BCUT2D eigenvalue weighted by atomic mass is 35.5. The van der Waals surface area contributed by atoms with Crippen molar-refractivity contribution < 1.29 is 14.6 Å². The van der Waals surface area contributed by atoms with E-state index in [9.17, 15) is 9.90 Å². The molecular formula is C23H25ClN4O3. The lowest BCUT2D eigenvalue weighted by Crippen LogP contribution is -2.45. The van der Waals surface area contributed by atoms with Gasteiger partial charge < -0.3 is 19.7 Å². The second kappa shape index (κ2) is 9.49. The zero-order valence-corrected chi connectivity index (χ0v) is 18.0. The van der Waals surface area contributed by atoms with Gasteiger partial charge in [0.2, 0.25) is 5.88 Å². The molecule has 1 aliphatic carbocycles. The molecule has 7 nitrogen and oxygen atoms in total. The lowest BCUT2D eigenvalue weighted by molar-refractivity contribution is 0.0717. The second-order valence-electron chi connectivity index (χ2n) is 7.76. The van der Waals surface area contributed by atoms with Gasteiger partial charge in [-0.15, -0.1) is 0 Å². The van der Waals surface area contributed by atoms with Gasteiger partial charge in [0.1, 0.15) is 12.4 Å². The number of amides is 1. The first kappa shape index (κ1) is 21.3. The molecule has 1 aromatic carbocycles. The maximum atomic E-state index is 12.9. The van der Waals surface area contributed by atoms with Crippen molar-refractivity contribution in [3.8, 4) is 17.0 Å². The van der Waals surface area contributed by atoms with Crippen LogP contribution in [0.1, 0.15) is 41.9 Å². The largest absolute Gasteiger partial charge is 0.469 e. The van der Waals surface area contributed by atoms with Gasteiger partial charge in [-0.25, -0.2) is 9.97 Å². The predicted octanol–water partition coefficient (Wildman–Crippen LogP) is 3.75. The second-order valence-corrected chi connectivity index (χ2v) is 8.19. The van der Waals surface area contributed by atoms with Crippen LogP contribution in [0.3, 0.4) is 0 Å². The van der Waals surface area contributed by atoms with E-state index in [0.717, 1.165) is 30.7 Å². The number of imidazole rings is 1. The summed E-state index contributed by atoms with van der Waals surface area (Å²) >= 11 is 6.04. The van der Waals surface area contributed by atoms with Gasteiger partial charge in [-0.1, -0.05) is 36.6 Å². The zero-order valence-electron chi connectivity index (χ0n) is 17.3. The number of carbonyl (C=O) groups excluding carboxylic acids is 1. The maximum Gasteiger partial charge on any atom is 0.253 e. The molecule has 1 fully saturated rings. The van der Waals surface area contributed by atoms with Gasteiger partial charge in [0, 0.05) is 36.2 Å². The number of aliphatic hydroxyl groups excluding tert-OH is 1. The van der Waals surface area contributed by atoms with Crippen LogP contribution in [-0.4, -0.2) is 37.7 Å². The molecule has 0 radical (unpaired) electrons. The fraction of sp³-hybridized carbons (Fsp3) is 0.348. The van der Waals surface area contributed by atoms with Crippen molar-refractivity contribution in [3.63, 3.8) is 0 Å². The Morgan fingerprint density at radius 1 is 1.26 bits per heavy atom. The Hall–Kier alpha value is -2.90. The van der Waals surface area contributed by atoms with Crippen LogP contribution in [0.2, 0.25) is 5.02 Å². The monoisotopic (exact) mass is 440 g/mol. The Morgan fingerprint density at radius 2 is 2.03 bits per heavy atom. The van der Waals surface area contributed by atoms with Gasteiger partial charge >= 0.3 is 0 Å². The van der Waals surface area contributed by atoms with Crippen molar-refractivity contribution in [2.24, 2.45) is 7.05 Å². The van der Waals surface area contributed by atoms with Crippen molar-refractivity contribution in [1.29, 1.82) is 0 Å². The molecule has 2 aromatic heterocycles. The van der Waals surface area contributed by atoms with E-state index in [1.807, 2.05) is 29.9 Å². The minimum Gasteiger partial charge on any atom is -0.469 e. The number of hydrogen-bond donors (Lipinski definition) is 2. The highest BCUT2D eigenvalue weighted by Gasteiger charge is 2.25. The summed E-state index contributed by atoms with van der Waals surface area (Å²) in [6.45, 7) is 0.247. The molecule has 3 aromatic rings. The molecule has 2 N–H and O–H groups in total. The van der Waals surface area contributed by atoms with Crippen LogP contribution >= 0.6 is 11.6 Å². The Morgan fingerprint density at radius 3 is 2.74 bits per heavy atom.